The lowest BCUT2D eigenvalue weighted by Crippen LogP contribution is -2.21. The smallest absolute Gasteiger partial charge is 0.261 e. The highest BCUT2D eigenvalue weighted by Gasteiger charge is 2.29. The van der Waals surface area contributed by atoms with Crippen molar-refractivity contribution in [2.45, 2.75) is 25.5 Å². The van der Waals surface area contributed by atoms with Gasteiger partial charge in [-0.3, -0.25) is 9.46 Å². The van der Waals surface area contributed by atoms with E-state index < -0.39 is 7.37 Å². The Kier molecular flexibility index (Phi) is 10.9. The van der Waals surface area contributed by atoms with E-state index in [1.54, 1.807) is 0 Å². The van der Waals surface area contributed by atoms with Crippen LogP contribution in [0.15, 0.2) is 78.9 Å². The van der Waals surface area contributed by atoms with Crippen molar-refractivity contribution < 1.29 is 18.6 Å². The van der Waals surface area contributed by atoms with Crippen LogP contribution in [0, 0.1) is 11.3 Å². The molecule has 0 aromatic heterocycles. The molecule has 7 heteroatoms. The van der Waals surface area contributed by atoms with Gasteiger partial charge in [0.2, 0.25) is 0 Å². The van der Waals surface area contributed by atoms with Gasteiger partial charge in [-0.1, -0.05) is 60.7 Å². The van der Waals surface area contributed by atoms with E-state index in [1.165, 1.54) is 7.11 Å². The first-order chi connectivity index (χ1) is 17.5. The van der Waals surface area contributed by atoms with E-state index in [0.29, 0.717) is 31.7 Å². The van der Waals surface area contributed by atoms with Gasteiger partial charge in [-0.2, -0.15) is 5.26 Å². The number of nitriles is 1. The van der Waals surface area contributed by atoms with E-state index in [1.807, 2.05) is 97.9 Å². The molecule has 3 rings (SSSR count). The summed E-state index contributed by atoms with van der Waals surface area (Å²) in [5, 5.41) is 10.9. The van der Waals surface area contributed by atoms with Crippen molar-refractivity contribution in [2.75, 3.05) is 41.0 Å². The molecule has 0 aliphatic heterocycles. The predicted molar refractivity (Wildman–Crippen MR) is 144 cm³/mol. The van der Waals surface area contributed by atoms with Crippen LogP contribution < -0.4 is 10.6 Å². The summed E-state index contributed by atoms with van der Waals surface area (Å²) in [5.41, 5.74) is 2.99. The second-order valence-electron chi connectivity index (χ2n) is 8.66. The number of benzene rings is 3. The van der Waals surface area contributed by atoms with Crippen molar-refractivity contribution in [2.24, 2.45) is 0 Å². The van der Waals surface area contributed by atoms with Crippen molar-refractivity contribution in [3.8, 4) is 6.07 Å². The molecule has 0 aliphatic carbocycles. The molecule has 0 saturated heterocycles. The Morgan fingerprint density at radius 2 is 1.50 bits per heavy atom. The Hall–Kier alpha value is -2.78. The molecular formula is C29H35N2O4P. The molecule has 0 fully saturated rings. The van der Waals surface area contributed by atoms with Crippen molar-refractivity contribution in [1.29, 1.82) is 5.26 Å². The lowest BCUT2D eigenvalue weighted by molar-refractivity contribution is 0.0395. The van der Waals surface area contributed by atoms with Gasteiger partial charge in [0.25, 0.3) is 7.37 Å². The van der Waals surface area contributed by atoms with Crippen molar-refractivity contribution in [3.05, 3.63) is 95.6 Å². The van der Waals surface area contributed by atoms with Crippen LogP contribution in [0.3, 0.4) is 0 Å². The van der Waals surface area contributed by atoms with Crippen molar-refractivity contribution in [3.63, 3.8) is 0 Å². The van der Waals surface area contributed by atoms with E-state index in [-0.39, 0.29) is 6.04 Å². The fourth-order valence-electron chi connectivity index (χ4n) is 4.14. The highest BCUT2D eigenvalue weighted by molar-refractivity contribution is 7.74. The SMILES string of the molecule is COP(=O)(c1ccccc1)c1ccccc1CCCOCCOCc1ccccc1C(C#N)N(C)C. The zero-order chi connectivity index (χ0) is 25.8. The summed E-state index contributed by atoms with van der Waals surface area (Å²) in [5.74, 6) is 0. The van der Waals surface area contributed by atoms with Crippen molar-refractivity contribution >= 4 is 18.0 Å². The number of hydrogen-bond donors (Lipinski definition) is 0. The lowest BCUT2D eigenvalue weighted by atomic mass is 10.0. The van der Waals surface area contributed by atoms with Gasteiger partial charge < -0.3 is 14.0 Å². The normalized spacial score (nSPS) is 13.8. The molecule has 6 nitrogen and oxygen atoms in total. The largest absolute Gasteiger partial charge is 0.379 e. The summed E-state index contributed by atoms with van der Waals surface area (Å²) in [4.78, 5) is 1.89. The molecule has 2 atom stereocenters. The Bertz CT molecular complexity index is 1180. The van der Waals surface area contributed by atoms with Gasteiger partial charge in [-0.05, 0) is 61.8 Å². The summed E-state index contributed by atoms with van der Waals surface area (Å²) in [6, 6.07) is 27.0. The molecular weight excluding hydrogens is 471 g/mol. The van der Waals surface area contributed by atoms with Crippen LogP contribution >= 0.6 is 7.37 Å². The fourth-order valence-corrected chi connectivity index (χ4v) is 6.24. The molecule has 0 bridgehead atoms. The maximum atomic E-state index is 13.8. The Morgan fingerprint density at radius 3 is 2.19 bits per heavy atom. The monoisotopic (exact) mass is 506 g/mol. The zero-order valence-electron chi connectivity index (χ0n) is 21.3. The van der Waals surface area contributed by atoms with E-state index in [2.05, 4.69) is 6.07 Å². The minimum Gasteiger partial charge on any atom is -0.379 e. The van der Waals surface area contributed by atoms with Gasteiger partial charge in [0.05, 0.1) is 25.9 Å². The molecule has 0 amide bonds. The van der Waals surface area contributed by atoms with Crippen molar-refractivity contribution in [1.82, 2.24) is 4.90 Å². The highest BCUT2D eigenvalue weighted by atomic mass is 31.2. The van der Waals surface area contributed by atoms with Crippen LogP contribution in [0.25, 0.3) is 0 Å². The van der Waals surface area contributed by atoms with Gasteiger partial charge in [0.15, 0.2) is 0 Å². The van der Waals surface area contributed by atoms with Crippen LogP contribution in [-0.2, 0) is 31.6 Å². The van der Waals surface area contributed by atoms with E-state index in [4.69, 9.17) is 14.0 Å². The third kappa shape index (κ3) is 7.13. The van der Waals surface area contributed by atoms with Crippen LogP contribution in [0.1, 0.15) is 29.2 Å². The van der Waals surface area contributed by atoms with Gasteiger partial charge >= 0.3 is 0 Å². The van der Waals surface area contributed by atoms with E-state index in [9.17, 15) is 9.83 Å². The number of nitrogens with zero attached hydrogens (tertiary/aromatic N) is 2. The van der Waals surface area contributed by atoms with Gasteiger partial charge in [-0.25, -0.2) is 0 Å². The van der Waals surface area contributed by atoms with Gasteiger partial charge in [0.1, 0.15) is 6.04 Å². The molecule has 190 valence electrons. The van der Waals surface area contributed by atoms with Crippen LogP contribution in [0.2, 0.25) is 0 Å². The minimum atomic E-state index is -3.15. The molecule has 0 aliphatic rings. The summed E-state index contributed by atoms with van der Waals surface area (Å²) < 4.78 is 31.0. The molecule has 0 spiro atoms. The van der Waals surface area contributed by atoms with Crippen LogP contribution in [0.5, 0.6) is 0 Å². The summed E-state index contributed by atoms with van der Waals surface area (Å²) in [6.07, 6.45) is 1.54. The molecule has 36 heavy (non-hydrogen) atoms. The van der Waals surface area contributed by atoms with Gasteiger partial charge in [0, 0.05) is 24.3 Å². The standard InChI is InChI=1S/C29H35N2O4P/c1-31(2)28(22-30)27-17-9-7-13-25(27)23-35-21-20-34-19-11-14-24-12-8-10-18-29(24)36(32,33-3)26-15-5-4-6-16-26/h4-10,12-13,15-18,28H,11,14,19-21,23H2,1-3H3. The molecule has 0 saturated carbocycles. The van der Waals surface area contributed by atoms with Crippen LogP contribution in [-0.4, -0.2) is 45.9 Å². The summed E-state index contributed by atoms with van der Waals surface area (Å²) in [6.45, 7) is 1.97. The minimum absolute atomic E-state index is 0.306. The number of aryl methyl sites for hydroxylation is 1. The topological polar surface area (TPSA) is 71.8 Å². The third-order valence-electron chi connectivity index (χ3n) is 6.01. The van der Waals surface area contributed by atoms with Gasteiger partial charge in [-0.15, -0.1) is 0 Å². The second kappa shape index (κ2) is 14.1. The summed E-state index contributed by atoms with van der Waals surface area (Å²) in [7, 11) is 2.15. The lowest BCUT2D eigenvalue weighted by Gasteiger charge is -2.20. The Balaban J connectivity index is 1.46. The third-order valence-corrected chi connectivity index (χ3v) is 8.58. The molecule has 0 heterocycles. The van der Waals surface area contributed by atoms with E-state index in [0.717, 1.165) is 34.8 Å². The average molecular weight is 507 g/mol. The summed E-state index contributed by atoms with van der Waals surface area (Å²) >= 11 is 0. The molecule has 0 radical (unpaired) electrons. The Labute approximate surface area is 214 Å². The first-order valence-corrected chi connectivity index (χ1v) is 13.7. The highest BCUT2D eigenvalue weighted by Crippen LogP contribution is 2.44. The quantitative estimate of drug-likeness (QED) is 0.230. The number of hydrogen-bond acceptors (Lipinski definition) is 6. The second-order valence-corrected chi connectivity index (χ2v) is 11.1. The number of rotatable bonds is 14. The number of ether oxygens (including phenoxy) is 2. The van der Waals surface area contributed by atoms with Crippen LogP contribution in [0.4, 0.5) is 0 Å². The maximum Gasteiger partial charge on any atom is 0.261 e. The maximum absolute atomic E-state index is 13.8. The molecule has 3 aromatic rings. The van der Waals surface area contributed by atoms with E-state index >= 15 is 0 Å². The zero-order valence-corrected chi connectivity index (χ0v) is 22.2. The first kappa shape index (κ1) is 27.8. The Morgan fingerprint density at radius 1 is 0.861 bits per heavy atom. The molecule has 0 N–H and O–H groups in total. The first-order valence-electron chi connectivity index (χ1n) is 12.1. The fraction of sp³-hybridized carbons (Fsp3) is 0.345. The molecule has 3 aromatic carbocycles. The predicted octanol–water partition coefficient (Wildman–Crippen LogP) is 4.85. The molecule has 2 unspecified atom stereocenters. The average Bonchev–Trinajstić information content (AvgIpc) is 2.91.